The summed E-state index contributed by atoms with van der Waals surface area (Å²) in [5, 5.41) is 7.10. The van der Waals surface area contributed by atoms with Crippen LogP contribution >= 0.6 is 0 Å². The predicted octanol–water partition coefficient (Wildman–Crippen LogP) is 1.22. The third kappa shape index (κ3) is 3.95. The molecule has 0 aromatic carbocycles. The van der Waals surface area contributed by atoms with Crippen molar-refractivity contribution in [2.75, 3.05) is 20.3 Å². The van der Waals surface area contributed by atoms with Crippen LogP contribution < -0.4 is 5.73 Å². The summed E-state index contributed by atoms with van der Waals surface area (Å²) in [4.78, 5) is 0. The summed E-state index contributed by atoms with van der Waals surface area (Å²) in [6.45, 7) is 0.812. The number of nitrogens with zero attached hydrogens (tertiary/aromatic N) is 3. The molecule has 1 heterocycles. The van der Waals surface area contributed by atoms with Gasteiger partial charge in [0.1, 0.15) is 0 Å². The Balaban J connectivity index is 2.77. The highest BCUT2D eigenvalue weighted by Gasteiger charge is 2.38. The van der Waals surface area contributed by atoms with Crippen LogP contribution in [-0.4, -0.2) is 35.3 Å². The molecule has 0 spiro atoms. The fourth-order valence-corrected chi connectivity index (χ4v) is 1.63. The summed E-state index contributed by atoms with van der Waals surface area (Å²) < 4.78 is 44.4. The van der Waals surface area contributed by atoms with E-state index in [4.69, 9.17) is 10.5 Å². The fourth-order valence-electron chi connectivity index (χ4n) is 1.63. The average molecular weight is 266 g/mol. The van der Waals surface area contributed by atoms with E-state index in [0.29, 0.717) is 19.4 Å². The molecule has 2 N–H and O–H groups in total. The van der Waals surface area contributed by atoms with Crippen LogP contribution in [0.5, 0.6) is 0 Å². The Bertz CT molecular complexity index is 364. The van der Waals surface area contributed by atoms with Crippen LogP contribution in [-0.2, 0) is 23.9 Å². The molecule has 0 atom stereocenters. The molecular weight excluding hydrogens is 249 g/mol. The van der Waals surface area contributed by atoms with Crippen molar-refractivity contribution in [2.24, 2.45) is 5.73 Å². The standard InChI is InChI=1S/C10H17F3N4O/c1-18-7-3-2-6-17-9(10(11,12)13)8(4-5-14)15-16-17/h2-7,14H2,1H3. The van der Waals surface area contributed by atoms with Gasteiger partial charge < -0.3 is 10.5 Å². The van der Waals surface area contributed by atoms with Gasteiger partial charge in [-0.3, -0.25) is 0 Å². The number of hydrogen-bond acceptors (Lipinski definition) is 4. The summed E-state index contributed by atoms with van der Waals surface area (Å²) in [7, 11) is 1.55. The minimum atomic E-state index is -4.45. The highest BCUT2D eigenvalue weighted by atomic mass is 19.4. The smallest absolute Gasteiger partial charge is 0.385 e. The van der Waals surface area contributed by atoms with Crippen molar-refractivity contribution in [1.29, 1.82) is 0 Å². The number of nitrogens with two attached hydrogens (primary N) is 1. The molecule has 0 bridgehead atoms. The molecule has 0 fully saturated rings. The number of ether oxygens (including phenoxy) is 1. The van der Waals surface area contributed by atoms with Crippen LogP contribution in [0.1, 0.15) is 24.2 Å². The highest BCUT2D eigenvalue weighted by molar-refractivity contribution is 5.14. The monoisotopic (exact) mass is 266 g/mol. The normalized spacial score (nSPS) is 12.1. The molecule has 1 rings (SSSR count). The molecule has 0 aliphatic carbocycles. The number of rotatable bonds is 7. The molecular formula is C10H17F3N4O. The van der Waals surface area contributed by atoms with Gasteiger partial charge in [-0.2, -0.15) is 13.2 Å². The summed E-state index contributed by atoms with van der Waals surface area (Å²) >= 11 is 0. The minimum absolute atomic E-state index is 0.0763. The number of aryl methyl sites for hydroxylation is 1. The molecule has 8 heteroatoms. The maximum atomic E-state index is 12.9. The Morgan fingerprint density at radius 1 is 1.33 bits per heavy atom. The summed E-state index contributed by atoms with van der Waals surface area (Å²) in [6.07, 6.45) is -3.13. The Labute approximate surface area is 103 Å². The van der Waals surface area contributed by atoms with Crippen molar-refractivity contribution in [2.45, 2.75) is 32.0 Å². The molecule has 104 valence electrons. The van der Waals surface area contributed by atoms with Gasteiger partial charge in [-0.1, -0.05) is 5.21 Å². The second-order valence-corrected chi connectivity index (χ2v) is 3.84. The van der Waals surface area contributed by atoms with E-state index in [0.717, 1.165) is 4.68 Å². The third-order valence-corrected chi connectivity index (χ3v) is 2.42. The Morgan fingerprint density at radius 2 is 2.06 bits per heavy atom. The maximum Gasteiger partial charge on any atom is 0.434 e. The predicted molar refractivity (Wildman–Crippen MR) is 58.9 cm³/mol. The van der Waals surface area contributed by atoms with E-state index < -0.39 is 11.9 Å². The molecule has 0 aliphatic heterocycles. The first kappa shape index (κ1) is 14.9. The number of unbranched alkanes of at least 4 members (excludes halogenated alkanes) is 1. The Kier molecular flexibility index (Phi) is 5.54. The molecule has 1 aromatic rings. The third-order valence-electron chi connectivity index (χ3n) is 2.42. The topological polar surface area (TPSA) is 66.0 Å². The first-order chi connectivity index (χ1) is 8.50. The number of halogens is 3. The molecule has 0 saturated carbocycles. The van der Waals surface area contributed by atoms with Gasteiger partial charge in [-0.25, -0.2) is 4.68 Å². The molecule has 0 aliphatic rings. The summed E-state index contributed by atoms with van der Waals surface area (Å²) in [5.41, 5.74) is 4.39. The first-order valence-electron chi connectivity index (χ1n) is 5.69. The quantitative estimate of drug-likeness (QED) is 0.754. The van der Waals surface area contributed by atoms with Gasteiger partial charge in [0.05, 0.1) is 5.69 Å². The average Bonchev–Trinajstić information content (AvgIpc) is 2.68. The number of methoxy groups -OCH3 is 1. The lowest BCUT2D eigenvalue weighted by Crippen LogP contribution is -2.18. The highest BCUT2D eigenvalue weighted by Crippen LogP contribution is 2.31. The van der Waals surface area contributed by atoms with Crippen LogP contribution in [0.3, 0.4) is 0 Å². The second kappa shape index (κ2) is 6.69. The van der Waals surface area contributed by atoms with E-state index in [-0.39, 0.29) is 25.2 Å². The van der Waals surface area contributed by atoms with Gasteiger partial charge in [0.2, 0.25) is 0 Å². The molecule has 5 nitrogen and oxygen atoms in total. The van der Waals surface area contributed by atoms with Crippen molar-refractivity contribution < 1.29 is 17.9 Å². The van der Waals surface area contributed by atoms with Crippen LogP contribution in [0.2, 0.25) is 0 Å². The van der Waals surface area contributed by atoms with E-state index in [9.17, 15) is 13.2 Å². The van der Waals surface area contributed by atoms with Crippen molar-refractivity contribution in [3.8, 4) is 0 Å². The lowest BCUT2D eigenvalue weighted by Gasteiger charge is -2.10. The Hall–Kier alpha value is -1.15. The van der Waals surface area contributed by atoms with Gasteiger partial charge in [-0.05, 0) is 19.4 Å². The molecule has 1 aromatic heterocycles. The SMILES string of the molecule is COCCCCn1nnc(CCN)c1C(F)(F)F. The molecule has 0 unspecified atom stereocenters. The van der Waals surface area contributed by atoms with Crippen LogP contribution in [0.15, 0.2) is 0 Å². The first-order valence-corrected chi connectivity index (χ1v) is 5.69. The number of aromatic nitrogens is 3. The van der Waals surface area contributed by atoms with E-state index in [1.165, 1.54) is 0 Å². The lowest BCUT2D eigenvalue weighted by molar-refractivity contribution is -0.144. The molecule has 0 radical (unpaired) electrons. The van der Waals surface area contributed by atoms with Crippen molar-refractivity contribution in [3.05, 3.63) is 11.4 Å². The van der Waals surface area contributed by atoms with E-state index in [1.54, 1.807) is 7.11 Å². The van der Waals surface area contributed by atoms with Gasteiger partial charge in [0, 0.05) is 26.7 Å². The molecule has 18 heavy (non-hydrogen) atoms. The van der Waals surface area contributed by atoms with Crippen molar-refractivity contribution in [3.63, 3.8) is 0 Å². The number of alkyl halides is 3. The molecule has 0 amide bonds. The summed E-state index contributed by atoms with van der Waals surface area (Å²) in [5.74, 6) is 0. The van der Waals surface area contributed by atoms with Gasteiger partial charge in [0.25, 0.3) is 0 Å². The van der Waals surface area contributed by atoms with Crippen LogP contribution in [0, 0.1) is 0 Å². The lowest BCUT2D eigenvalue weighted by atomic mass is 10.2. The van der Waals surface area contributed by atoms with E-state index in [2.05, 4.69) is 10.3 Å². The summed E-state index contributed by atoms with van der Waals surface area (Å²) in [6, 6.07) is 0. The zero-order chi connectivity index (χ0) is 13.6. The van der Waals surface area contributed by atoms with E-state index in [1.807, 2.05) is 0 Å². The number of hydrogen-bond donors (Lipinski definition) is 1. The Morgan fingerprint density at radius 3 is 2.61 bits per heavy atom. The van der Waals surface area contributed by atoms with Crippen molar-refractivity contribution in [1.82, 2.24) is 15.0 Å². The molecule has 0 saturated heterocycles. The van der Waals surface area contributed by atoms with Gasteiger partial charge in [-0.15, -0.1) is 5.10 Å². The second-order valence-electron chi connectivity index (χ2n) is 3.84. The fraction of sp³-hybridized carbons (Fsp3) is 0.800. The zero-order valence-electron chi connectivity index (χ0n) is 10.2. The van der Waals surface area contributed by atoms with Crippen LogP contribution in [0.25, 0.3) is 0 Å². The van der Waals surface area contributed by atoms with Gasteiger partial charge in [0.15, 0.2) is 5.69 Å². The largest absolute Gasteiger partial charge is 0.434 e. The maximum absolute atomic E-state index is 12.9. The minimum Gasteiger partial charge on any atom is -0.385 e. The zero-order valence-corrected chi connectivity index (χ0v) is 10.2. The van der Waals surface area contributed by atoms with Gasteiger partial charge >= 0.3 is 6.18 Å². The van der Waals surface area contributed by atoms with Crippen LogP contribution in [0.4, 0.5) is 13.2 Å². The van der Waals surface area contributed by atoms with Crippen molar-refractivity contribution >= 4 is 0 Å². The van der Waals surface area contributed by atoms with E-state index >= 15 is 0 Å².